The van der Waals surface area contributed by atoms with Crippen molar-refractivity contribution in [3.05, 3.63) is 70.3 Å². The van der Waals surface area contributed by atoms with Gasteiger partial charge in [-0.3, -0.25) is 4.79 Å². The van der Waals surface area contributed by atoms with Gasteiger partial charge in [-0.05, 0) is 30.3 Å². The monoisotopic (exact) mass is 404 g/mol. The maximum Gasteiger partial charge on any atom is 0.275 e. The highest BCUT2D eigenvalue weighted by molar-refractivity contribution is 7.23. The van der Waals surface area contributed by atoms with Crippen molar-refractivity contribution in [1.82, 2.24) is 14.5 Å². The molecule has 1 amide bonds. The van der Waals surface area contributed by atoms with Crippen LogP contribution in [0.4, 0.5) is 10.1 Å². The van der Waals surface area contributed by atoms with Crippen molar-refractivity contribution in [2.75, 3.05) is 5.32 Å². The summed E-state index contributed by atoms with van der Waals surface area (Å²) in [4.78, 5) is 21.5. The van der Waals surface area contributed by atoms with E-state index >= 15 is 0 Å². The second-order valence-electron chi connectivity index (χ2n) is 5.23. The number of rotatable bonds is 4. The fraction of sp³-hybridized carbons (Fsp3) is 0. The third kappa shape index (κ3) is 3.39. The van der Waals surface area contributed by atoms with Crippen molar-refractivity contribution in [2.24, 2.45) is 0 Å². The Balaban J connectivity index is 1.52. The number of carbonyl (C=O) groups excluding carboxylic acids is 1. The molecular weight excluding hydrogens is 395 g/mol. The molecule has 0 aliphatic carbocycles. The predicted molar refractivity (Wildman–Crippen MR) is 102 cm³/mol. The Hall–Kier alpha value is -2.55. The zero-order chi connectivity index (χ0) is 18.1. The van der Waals surface area contributed by atoms with Crippen molar-refractivity contribution in [2.45, 2.75) is 0 Å². The molecule has 3 heterocycles. The lowest BCUT2D eigenvalue weighted by Gasteiger charge is -2.07. The minimum atomic E-state index is -0.465. The molecule has 0 radical (unpaired) electrons. The van der Waals surface area contributed by atoms with Crippen molar-refractivity contribution >= 4 is 45.9 Å². The normalized spacial score (nSPS) is 10.8. The van der Waals surface area contributed by atoms with E-state index in [9.17, 15) is 9.18 Å². The summed E-state index contributed by atoms with van der Waals surface area (Å²) in [6.07, 6.45) is 4.71. The van der Waals surface area contributed by atoms with Crippen LogP contribution in [-0.2, 0) is 0 Å². The molecule has 26 heavy (non-hydrogen) atoms. The number of thiazole rings is 1. The molecule has 4 aromatic rings. The van der Waals surface area contributed by atoms with E-state index in [1.165, 1.54) is 35.1 Å². The SMILES string of the molecule is O=C(Nc1ccc(-n2ccnc2)c(F)c1)c1csc(-c2ccc(Cl)s2)n1. The van der Waals surface area contributed by atoms with Gasteiger partial charge in [0.05, 0.1) is 21.2 Å². The van der Waals surface area contributed by atoms with Crippen LogP contribution in [0.25, 0.3) is 15.6 Å². The third-order valence-corrected chi connectivity index (χ3v) is 5.75. The molecular formula is C17H10ClFN4OS2. The Morgan fingerprint density at radius 3 is 2.85 bits per heavy atom. The average molecular weight is 405 g/mol. The Morgan fingerprint density at radius 1 is 1.27 bits per heavy atom. The number of benzene rings is 1. The van der Waals surface area contributed by atoms with E-state index in [2.05, 4.69) is 15.3 Å². The zero-order valence-electron chi connectivity index (χ0n) is 13.0. The number of anilines is 1. The van der Waals surface area contributed by atoms with Crippen molar-refractivity contribution in [1.29, 1.82) is 0 Å². The van der Waals surface area contributed by atoms with Gasteiger partial charge >= 0.3 is 0 Å². The van der Waals surface area contributed by atoms with Gasteiger partial charge in [0, 0.05) is 23.5 Å². The Kier molecular flexibility index (Phi) is 4.54. The first-order valence-corrected chi connectivity index (χ1v) is 9.48. The van der Waals surface area contributed by atoms with Crippen LogP contribution < -0.4 is 5.32 Å². The van der Waals surface area contributed by atoms with Gasteiger partial charge in [0.25, 0.3) is 5.91 Å². The summed E-state index contributed by atoms with van der Waals surface area (Å²) in [7, 11) is 0. The van der Waals surface area contributed by atoms with Crippen LogP contribution >= 0.6 is 34.3 Å². The molecule has 0 fully saturated rings. The molecule has 0 aliphatic heterocycles. The Labute approximate surface area is 160 Å². The number of halogens is 2. The van der Waals surface area contributed by atoms with Gasteiger partial charge < -0.3 is 9.88 Å². The van der Waals surface area contributed by atoms with Crippen LogP contribution in [0.3, 0.4) is 0 Å². The van der Waals surface area contributed by atoms with Crippen molar-refractivity contribution < 1.29 is 9.18 Å². The number of amides is 1. The topological polar surface area (TPSA) is 59.8 Å². The molecule has 9 heteroatoms. The highest BCUT2D eigenvalue weighted by Crippen LogP contribution is 2.33. The van der Waals surface area contributed by atoms with Gasteiger partial charge in [0.15, 0.2) is 0 Å². The van der Waals surface area contributed by atoms with Crippen LogP contribution in [0.5, 0.6) is 0 Å². The number of aromatic nitrogens is 3. The van der Waals surface area contributed by atoms with E-state index in [0.717, 1.165) is 4.88 Å². The van der Waals surface area contributed by atoms with E-state index in [1.54, 1.807) is 40.5 Å². The summed E-state index contributed by atoms with van der Waals surface area (Å²) >= 11 is 8.68. The highest BCUT2D eigenvalue weighted by Gasteiger charge is 2.14. The van der Waals surface area contributed by atoms with Gasteiger partial charge in [0.2, 0.25) is 0 Å². The van der Waals surface area contributed by atoms with Gasteiger partial charge in [-0.15, -0.1) is 22.7 Å². The fourth-order valence-corrected chi connectivity index (χ4v) is 4.23. The number of nitrogens with zero attached hydrogens (tertiary/aromatic N) is 3. The highest BCUT2D eigenvalue weighted by atomic mass is 35.5. The predicted octanol–water partition coefficient (Wildman–Crippen LogP) is 5.10. The van der Waals surface area contributed by atoms with E-state index < -0.39 is 11.7 Å². The van der Waals surface area contributed by atoms with Gasteiger partial charge in [-0.1, -0.05) is 11.6 Å². The molecule has 0 spiro atoms. The van der Waals surface area contributed by atoms with E-state index in [4.69, 9.17) is 11.6 Å². The van der Waals surface area contributed by atoms with E-state index in [0.29, 0.717) is 20.7 Å². The number of carbonyl (C=O) groups is 1. The molecule has 0 saturated heterocycles. The molecule has 0 aliphatic rings. The largest absolute Gasteiger partial charge is 0.321 e. The minimum Gasteiger partial charge on any atom is -0.321 e. The average Bonchev–Trinajstić information content (AvgIpc) is 3.36. The van der Waals surface area contributed by atoms with E-state index in [1.807, 2.05) is 6.07 Å². The Morgan fingerprint density at radius 2 is 2.15 bits per heavy atom. The second kappa shape index (κ2) is 6.99. The third-order valence-electron chi connectivity index (χ3n) is 3.51. The minimum absolute atomic E-state index is 0.272. The fourth-order valence-electron chi connectivity index (χ4n) is 2.31. The van der Waals surface area contributed by atoms with Gasteiger partial charge in [-0.25, -0.2) is 14.4 Å². The quantitative estimate of drug-likeness (QED) is 0.514. The lowest BCUT2D eigenvalue weighted by Crippen LogP contribution is -2.12. The summed E-state index contributed by atoms with van der Waals surface area (Å²) in [5, 5.41) is 5.04. The summed E-state index contributed by atoms with van der Waals surface area (Å²) in [6.45, 7) is 0. The number of hydrogen-bond donors (Lipinski definition) is 1. The molecule has 3 aromatic heterocycles. The van der Waals surface area contributed by atoms with Crippen LogP contribution in [0.15, 0.2) is 54.4 Å². The molecule has 130 valence electrons. The van der Waals surface area contributed by atoms with Crippen LogP contribution in [0, 0.1) is 5.82 Å². The first kappa shape index (κ1) is 16.9. The number of thiophene rings is 1. The van der Waals surface area contributed by atoms with E-state index in [-0.39, 0.29) is 5.69 Å². The second-order valence-corrected chi connectivity index (χ2v) is 7.81. The first-order valence-electron chi connectivity index (χ1n) is 7.40. The molecule has 0 bridgehead atoms. The lowest BCUT2D eigenvalue weighted by atomic mass is 10.2. The molecule has 0 saturated carbocycles. The number of hydrogen-bond acceptors (Lipinski definition) is 5. The molecule has 1 aromatic carbocycles. The zero-order valence-corrected chi connectivity index (χ0v) is 15.4. The van der Waals surface area contributed by atoms with Crippen molar-refractivity contribution in [3.8, 4) is 15.6 Å². The van der Waals surface area contributed by atoms with Crippen LogP contribution in [0.2, 0.25) is 4.34 Å². The molecule has 1 N–H and O–H groups in total. The Bertz CT molecular complexity index is 1070. The number of nitrogens with one attached hydrogen (secondary N) is 1. The smallest absolute Gasteiger partial charge is 0.275 e. The summed E-state index contributed by atoms with van der Waals surface area (Å²) in [5.74, 6) is -0.863. The standard InChI is InChI=1S/C17H10ClFN4OS2/c18-15-4-3-14(26-15)17-22-12(8-25-17)16(24)21-10-1-2-13(11(19)7-10)23-6-5-20-9-23/h1-9H,(H,21,24). The van der Waals surface area contributed by atoms with Gasteiger partial charge in [0.1, 0.15) is 16.5 Å². The maximum absolute atomic E-state index is 14.3. The molecule has 4 rings (SSSR count). The summed E-state index contributed by atoms with van der Waals surface area (Å²) < 4.78 is 16.5. The van der Waals surface area contributed by atoms with Crippen LogP contribution in [0.1, 0.15) is 10.5 Å². The molecule has 0 atom stereocenters. The first-order chi connectivity index (χ1) is 12.6. The lowest BCUT2D eigenvalue weighted by molar-refractivity contribution is 0.102. The maximum atomic E-state index is 14.3. The number of imidazole rings is 1. The van der Waals surface area contributed by atoms with Gasteiger partial charge in [-0.2, -0.15) is 0 Å². The summed E-state index contributed by atoms with van der Waals surface area (Å²) in [6, 6.07) is 8.11. The molecule has 0 unspecified atom stereocenters. The van der Waals surface area contributed by atoms with Crippen molar-refractivity contribution in [3.63, 3.8) is 0 Å². The summed E-state index contributed by atoms with van der Waals surface area (Å²) in [5.41, 5.74) is 0.977. The molecule has 5 nitrogen and oxygen atoms in total. The van der Waals surface area contributed by atoms with Crippen LogP contribution in [-0.4, -0.2) is 20.4 Å².